The van der Waals surface area contributed by atoms with Crippen molar-refractivity contribution in [2.24, 2.45) is 5.10 Å². The summed E-state index contributed by atoms with van der Waals surface area (Å²) in [6, 6.07) is 11.9. The minimum atomic E-state index is -0.399. The van der Waals surface area contributed by atoms with Gasteiger partial charge in [0, 0.05) is 16.2 Å². The van der Waals surface area contributed by atoms with Crippen molar-refractivity contribution in [2.45, 2.75) is 0 Å². The number of carbonyl (C=O) groups excluding carboxylic acids is 1. The first-order valence-electron chi connectivity index (χ1n) is 6.82. The zero-order valence-corrected chi connectivity index (χ0v) is 14.5. The second-order valence-electron chi connectivity index (χ2n) is 4.76. The molecule has 0 saturated carbocycles. The third kappa shape index (κ3) is 3.37. The lowest BCUT2D eigenvalue weighted by atomic mass is 10.2. The Morgan fingerprint density at radius 3 is 2.75 bits per heavy atom. The zero-order chi connectivity index (χ0) is 17.1. The van der Waals surface area contributed by atoms with Crippen LogP contribution in [0.25, 0.3) is 5.65 Å². The van der Waals surface area contributed by atoms with Gasteiger partial charge in [0.2, 0.25) is 0 Å². The Bertz CT molecular complexity index is 999. The molecular formula is C16H10BrClN4O2. The number of hydrazone groups is 1. The molecule has 0 spiro atoms. The number of halogens is 2. The van der Waals surface area contributed by atoms with Crippen molar-refractivity contribution < 1.29 is 4.79 Å². The maximum atomic E-state index is 12.4. The standard InChI is InChI=1S/C16H10BrClN4O2/c17-11-6-4-10(5-7-11)15(23)21-19-9-12-14(18)20-13-3-1-2-8-22(13)16(12)24/h1-9H,(H,21,23). The predicted octanol–water partition coefficient (Wildman–Crippen LogP) is 2.87. The molecule has 0 aliphatic rings. The first-order chi connectivity index (χ1) is 11.6. The van der Waals surface area contributed by atoms with Gasteiger partial charge < -0.3 is 0 Å². The van der Waals surface area contributed by atoms with E-state index in [1.54, 1.807) is 48.7 Å². The van der Waals surface area contributed by atoms with Crippen molar-refractivity contribution in [3.63, 3.8) is 0 Å². The van der Waals surface area contributed by atoms with Gasteiger partial charge in [0.15, 0.2) is 0 Å². The fraction of sp³-hybridized carbons (Fsp3) is 0. The van der Waals surface area contributed by atoms with Gasteiger partial charge in [-0.15, -0.1) is 0 Å². The molecule has 1 aromatic carbocycles. The highest BCUT2D eigenvalue weighted by Gasteiger charge is 2.09. The molecule has 6 nitrogen and oxygen atoms in total. The Kier molecular flexibility index (Phi) is 4.73. The van der Waals surface area contributed by atoms with Gasteiger partial charge >= 0.3 is 0 Å². The molecule has 8 heteroatoms. The molecule has 1 N–H and O–H groups in total. The molecule has 0 bridgehead atoms. The first-order valence-corrected chi connectivity index (χ1v) is 7.99. The second-order valence-corrected chi connectivity index (χ2v) is 6.03. The molecule has 0 aliphatic heterocycles. The van der Waals surface area contributed by atoms with Gasteiger partial charge in [-0.2, -0.15) is 5.10 Å². The van der Waals surface area contributed by atoms with Crippen LogP contribution in [0.5, 0.6) is 0 Å². The van der Waals surface area contributed by atoms with E-state index in [0.717, 1.165) is 4.47 Å². The molecule has 0 saturated heterocycles. The smallest absolute Gasteiger partial charge is 0.268 e. The lowest BCUT2D eigenvalue weighted by Crippen LogP contribution is -2.22. The van der Waals surface area contributed by atoms with Crippen molar-refractivity contribution in [1.29, 1.82) is 0 Å². The van der Waals surface area contributed by atoms with Gasteiger partial charge in [-0.3, -0.25) is 14.0 Å². The maximum absolute atomic E-state index is 12.4. The molecule has 0 atom stereocenters. The third-order valence-corrected chi connectivity index (χ3v) is 4.01. The van der Waals surface area contributed by atoms with Crippen molar-refractivity contribution in [3.05, 3.63) is 79.8 Å². The van der Waals surface area contributed by atoms with Crippen LogP contribution in [0.4, 0.5) is 0 Å². The van der Waals surface area contributed by atoms with Crippen LogP contribution < -0.4 is 11.0 Å². The van der Waals surface area contributed by atoms with E-state index in [1.807, 2.05) is 0 Å². The molecule has 0 radical (unpaired) electrons. The van der Waals surface area contributed by atoms with Crippen molar-refractivity contribution >= 4 is 45.3 Å². The molecule has 1 amide bonds. The number of hydrogen-bond acceptors (Lipinski definition) is 4. The average Bonchev–Trinajstić information content (AvgIpc) is 2.58. The number of benzene rings is 1. The predicted molar refractivity (Wildman–Crippen MR) is 95.7 cm³/mol. The van der Waals surface area contributed by atoms with E-state index in [1.165, 1.54) is 10.6 Å². The van der Waals surface area contributed by atoms with Crippen LogP contribution >= 0.6 is 27.5 Å². The van der Waals surface area contributed by atoms with Crippen molar-refractivity contribution in [2.75, 3.05) is 0 Å². The Labute approximate surface area is 149 Å². The summed E-state index contributed by atoms with van der Waals surface area (Å²) in [5.41, 5.74) is 2.95. The fourth-order valence-electron chi connectivity index (χ4n) is 2.01. The quantitative estimate of drug-likeness (QED) is 0.413. The van der Waals surface area contributed by atoms with E-state index in [4.69, 9.17) is 11.6 Å². The minimum Gasteiger partial charge on any atom is -0.268 e. The summed E-state index contributed by atoms with van der Waals surface area (Å²) in [5.74, 6) is -0.399. The number of pyridine rings is 1. The number of aromatic nitrogens is 2. The molecule has 0 fully saturated rings. The third-order valence-electron chi connectivity index (χ3n) is 3.19. The van der Waals surface area contributed by atoms with E-state index < -0.39 is 5.91 Å². The Balaban J connectivity index is 1.84. The molecule has 2 heterocycles. The molecule has 3 aromatic rings. The van der Waals surface area contributed by atoms with E-state index >= 15 is 0 Å². The number of rotatable bonds is 3. The summed E-state index contributed by atoms with van der Waals surface area (Å²) < 4.78 is 2.22. The normalized spacial score (nSPS) is 11.1. The molecule has 120 valence electrons. The summed E-state index contributed by atoms with van der Waals surface area (Å²) in [6.45, 7) is 0. The molecule has 0 unspecified atom stereocenters. The average molecular weight is 406 g/mol. The second kappa shape index (κ2) is 6.94. The summed E-state index contributed by atoms with van der Waals surface area (Å²) in [7, 11) is 0. The number of hydrogen-bond donors (Lipinski definition) is 1. The Hall–Kier alpha value is -2.51. The topological polar surface area (TPSA) is 75.8 Å². The summed E-state index contributed by atoms with van der Waals surface area (Å²) >= 11 is 9.32. The van der Waals surface area contributed by atoms with Crippen molar-refractivity contribution in [1.82, 2.24) is 14.8 Å². The fourth-order valence-corrected chi connectivity index (χ4v) is 2.49. The van der Waals surface area contributed by atoms with Crippen LogP contribution in [0.2, 0.25) is 5.15 Å². The Morgan fingerprint density at radius 1 is 1.25 bits per heavy atom. The van der Waals surface area contributed by atoms with Crippen LogP contribution in [-0.4, -0.2) is 21.5 Å². The van der Waals surface area contributed by atoms with Crippen LogP contribution in [0, 0.1) is 0 Å². The first kappa shape index (κ1) is 16.4. The largest absolute Gasteiger partial charge is 0.271 e. The maximum Gasteiger partial charge on any atom is 0.271 e. The van der Waals surface area contributed by atoms with E-state index in [2.05, 4.69) is 31.4 Å². The minimum absolute atomic E-state index is 0.0211. The van der Waals surface area contributed by atoms with Gasteiger partial charge in [0.25, 0.3) is 11.5 Å². The molecule has 0 aliphatic carbocycles. The van der Waals surface area contributed by atoms with Crippen molar-refractivity contribution in [3.8, 4) is 0 Å². The number of carbonyl (C=O) groups is 1. The lowest BCUT2D eigenvalue weighted by molar-refractivity contribution is 0.0955. The number of fused-ring (bicyclic) bond motifs is 1. The molecule has 3 rings (SSSR count). The van der Waals surface area contributed by atoms with Crippen LogP contribution in [0.15, 0.2) is 63.0 Å². The van der Waals surface area contributed by atoms with E-state index in [-0.39, 0.29) is 16.3 Å². The van der Waals surface area contributed by atoms with Gasteiger partial charge in [0.05, 0.1) is 11.8 Å². The van der Waals surface area contributed by atoms with Gasteiger partial charge in [0.1, 0.15) is 10.8 Å². The van der Waals surface area contributed by atoms with Gasteiger partial charge in [-0.25, -0.2) is 10.4 Å². The van der Waals surface area contributed by atoms with E-state index in [0.29, 0.717) is 11.2 Å². The van der Waals surface area contributed by atoms with E-state index in [9.17, 15) is 9.59 Å². The van der Waals surface area contributed by atoms with Gasteiger partial charge in [-0.05, 0) is 36.4 Å². The monoisotopic (exact) mass is 404 g/mol. The zero-order valence-electron chi connectivity index (χ0n) is 12.1. The summed E-state index contributed by atoms with van der Waals surface area (Å²) in [6.07, 6.45) is 2.77. The highest BCUT2D eigenvalue weighted by molar-refractivity contribution is 9.10. The van der Waals surface area contributed by atoms with Crippen LogP contribution in [0.1, 0.15) is 15.9 Å². The highest BCUT2D eigenvalue weighted by atomic mass is 79.9. The number of amides is 1. The highest BCUT2D eigenvalue weighted by Crippen LogP contribution is 2.11. The van der Waals surface area contributed by atoms with Gasteiger partial charge in [-0.1, -0.05) is 33.6 Å². The molecular weight excluding hydrogens is 396 g/mol. The van der Waals surface area contributed by atoms with Crippen LogP contribution in [-0.2, 0) is 0 Å². The molecule has 24 heavy (non-hydrogen) atoms. The summed E-state index contributed by atoms with van der Waals surface area (Å²) in [5, 5.41) is 3.82. The number of nitrogens with zero attached hydrogens (tertiary/aromatic N) is 3. The Morgan fingerprint density at radius 2 is 2.00 bits per heavy atom. The molecule has 2 aromatic heterocycles. The van der Waals surface area contributed by atoms with Crippen LogP contribution in [0.3, 0.4) is 0 Å². The lowest BCUT2D eigenvalue weighted by Gasteiger charge is -2.03. The summed E-state index contributed by atoms with van der Waals surface area (Å²) in [4.78, 5) is 28.4. The number of nitrogens with one attached hydrogen (secondary N) is 1. The SMILES string of the molecule is O=C(NN=Cc1c(Cl)nc2ccccn2c1=O)c1ccc(Br)cc1.